The molecule has 2 aromatic carbocycles. The molecule has 3 N–H and O–H groups in total. The molecule has 0 saturated carbocycles. The van der Waals surface area contributed by atoms with Gasteiger partial charge in [0.25, 0.3) is 11.8 Å². The smallest absolute Gasteiger partial charge is 0.356 e. The molecule has 2 atom stereocenters. The van der Waals surface area contributed by atoms with E-state index in [1.54, 1.807) is 25.4 Å². The Morgan fingerprint density at radius 1 is 1.09 bits per heavy atom. The predicted molar refractivity (Wildman–Crippen MR) is 179 cm³/mol. The van der Waals surface area contributed by atoms with E-state index in [2.05, 4.69) is 24.8 Å². The van der Waals surface area contributed by atoms with Crippen molar-refractivity contribution in [1.29, 1.82) is 0 Å². The number of aromatic nitrogens is 3. The number of ether oxygens (including phenoxy) is 1. The first-order chi connectivity index (χ1) is 22.9. The maximum atomic E-state index is 14.2. The fraction of sp³-hybridized carbons (Fsp3) is 0.182. The number of β-lactam (4-membered cyclic amide) rings is 1. The summed E-state index contributed by atoms with van der Waals surface area (Å²) >= 11 is 2.31. The minimum absolute atomic E-state index is 0.0155. The molecule has 2 aliphatic rings. The quantitative estimate of drug-likeness (QED) is 0.104. The number of carbonyl (C=O) groups excluding carboxylic acids is 3. The number of thioether (sulfide) groups is 1. The third-order valence-corrected chi connectivity index (χ3v) is 9.07. The minimum atomic E-state index is -0.957. The van der Waals surface area contributed by atoms with Gasteiger partial charge >= 0.3 is 5.97 Å². The number of hydrogen-bond acceptors (Lipinski definition) is 12. The van der Waals surface area contributed by atoms with Gasteiger partial charge in [-0.2, -0.15) is 9.36 Å². The summed E-state index contributed by atoms with van der Waals surface area (Å²) in [6.45, 7) is 1.91. The van der Waals surface area contributed by atoms with Crippen LogP contribution in [0.4, 0.5) is 5.13 Å². The van der Waals surface area contributed by atoms with Crippen LogP contribution in [0.5, 0.6) is 0 Å². The van der Waals surface area contributed by atoms with Crippen LogP contribution in [0.2, 0.25) is 0 Å². The standard InChI is InChI=1S/C33H29N7O5S2/c1-2-44-38-24(28-37-33(34)47-39-28)29(41)36-25-30(42)40-26(23(19-46-31(25)40)16-15-20-10-9-17-35-18-20)32(43)45-27(21-11-5-3-6-12-21)22-13-7-4-8-14-22/h3-18,25,27,31H,2,19H2,1H3,(H,36,41)(H2,34,37,39)/t25?,31-/m0/s1. The Balaban J connectivity index is 1.30. The number of nitrogens with two attached hydrogens (primary N) is 1. The number of benzene rings is 2. The Bertz CT molecular complexity index is 1810. The molecule has 2 aromatic heterocycles. The summed E-state index contributed by atoms with van der Waals surface area (Å²) in [4.78, 5) is 56.0. The topological polar surface area (TPSA) is 162 Å². The van der Waals surface area contributed by atoms with Crippen LogP contribution in [0.25, 0.3) is 6.08 Å². The van der Waals surface area contributed by atoms with Gasteiger partial charge in [0.15, 0.2) is 11.2 Å². The molecule has 0 spiro atoms. The summed E-state index contributed by atoms with van der Waals surface area (Å²) < 4.78 is 10.3. The van der Waals surface area contributed by atoms with E-state index >= 15 is 0 Å². The molecule has 47 heavy (non-hydrogen) atoms. The molecular formula is C33H29N7O5S2. The summed E-state index contributed by atoms with van der Waals surface area (Å²) in [5.74, 6) is -1.50. The van der Waals surface area contributed by atoms with Crippen molar-refractivity contribution in [2.24, 2.45) is 5.16 Å². The van der Waals surface area contributed by atoms with Crippen molar-refractivity contribution in [2.75, 3.05) is 18.1 Å². The van der Waals surface area contributed by atoms with Crippen molar-refractivity contribution in [3.8, 4) is 0 Å². The van der Waals surface area contributed by atoms with Gasteiger partial charge in [0.05, 0.1) is 0 Å². The van der Waals surface area contributed by atoms with Crippen LogP contribution in [0.3, 0.4) is 0 Å². The Kier molecular flexibility index (Phi) is 9.69. The summed E-state index contributed by atoms with van der Waals surface area (Å²) in [6.07, 6.45) is 6.26. The van der Waals surface area contributed by atoms with E-state index in [-0.39, 0.29) is 29.0 Å². The number of nitrogens with zero attached hydrogens (tertiary/aromatic N) is 5. The van der Waals surface area contributed by atoms with Gasteiger partial charge < -0.3 is 20.6 Å². The summed E-state index contributed by atoms with van der Waals surface area (Å²) in [6, 6.07) is 21.5. The van der Waals surface area contributed by atoms with E-state index in [1.165, 1.54) is 16.7 Å². The average molecular weight is 668 g/mol. The molecule has 0 bridgehead atoms. The van der Waals surface area contributed by atoms with Gasteiger partial charge in [-0.15, -0.1) is 11.8 Å². The molecule has 0 aliphatic carbocycles. The van der Waals surface area contributed by atoms with Crippen LogP contribution in [-0.2, 0) is 24.0 Å². The third kappa shape index (κ3) is 6.93. The maximum Gasteiger partial charge on any atom is 0.356 e. The molecule has 4 aromatic rings. The number of allylic oxidation sites excluding steroid dienone is 1. The lowest BCUT2D eigenvalue weighted by Gasteiger charge is -2.49. The molecule has 1 unspecified atom stereocenters. The highest BCUT2D eigenvalue weighted by molar-refractivity contribution is 8.00. The summed E-state index contributed by atoms with van der Waals surface area (Å²) in [5, 5.41) is 6.16. The van der Waals surface area contributed by atoms with E-state index in [0.29, 0.717) is 11.3 Å². The van der Waals surface area contributed by atoms with Crippen molar-refractivity contribution in [3.05, 3.63) is 125 Å². The molecule has 4 heterocycles. The lowest BCUT2D eigenvalue weighted by atomic mass is 10.00. The lowest BCUT2D eigenvalue weighted by molar-refractivity contribution is -0.154. The van der Waals surface area contributed by atoms with E-state index in [0.717, 1.165) is 28.2 Å². The number of pyridine rings is 1. The van der Waals surface area contributed by atoms with E-state index in [4.69, 9.17) is 15.3 Å². The van der Waals surface area contributed by atoms with Crippen molar-refractivity contribution in [3.63, 3.8) is 0 Å². The molecule has 12 nitrogen and oxygen atoms in total. The van der Waals surface area contributed by atoms with Gasteiger partial charge in [-0.25, -0.2) is 4.79 Å². The first-order valence-electron chi connectivity index (χ1n) is 14.6. The number of amides is 2. The fourth-order valence-corrected chi connectivity index (χ4v) is 6.79. The van der Waals surface area contributed by atoms with Crippen LogP contribution < -0.4 is 11.1 Å². The maximum absolute atomic E-state index is 14.2. The van der Waals surface area contributed by atoms with E-state index in [1.807, 2.05) is 78.9 Å². The normalized spacial score (nSPS) is 17.8. The molecule has 1 saturated heterocycles. The highest BCUT2D eigenvalue weighted by Crippen LogP contribution is 2.42. The number of hydrogen-bond donors (Lipinski definition) is 2. The van der Waals surface area contributed by atoms with Crippen molar-refractivity contribution >= 4 is 58.0 Å². The van der Waals surface area contributed by atoms with Gasteiger partial charge in [-0.1, -0.05) is 84.0 Å². The molecule has 2 amide bonds. The zero-order chi connectivity index (χ0) is 32.8. The number of nitrogen functional groups attached to an aromatic ring is 1. The zero-order valence-electron chi connectivity index (χ0n) is 25.1. The summed E-state index contributed by atoms with van der Waals surface area (Å²) in [5.41, 5.74) is 8.59. The van der Waals surface area contributed by atoms with Gasteiger partial charge in [0.2, 0.25) is 11.5 Å². The Morgan fingerprint density at radius 3 is 2.43 bits per heavy atom. The third-order valence-electron chi connectivity index (χ3n) is 7.22. The van der Waals surface area contributed by atoms with E-state index in [9.17, 15) is 14.4 Å². The first kappa shape index (κ1) is 31.6. The van der Waals surface area contributed by atoms with E-state index < -0.39 is 35.3 Å². The Hall–Kier alpha value is -5.34. The predicted octanol–water partition coefficient (Wildman–Crippen LogP) is 3.96. The van der Waals surface area contributed by atoms with Crippen LogP contribution in [0.1, 0.15) is 35.5 Å². The van der Waals surface area contributed by atoms with Gasteiger partial charge in [-0.05, 0) is 35.3 Å². The second kappa shape index (κ2) is 14.4. The molecule has 0 radical (unpaired) electrons. The summed E-state index contributed by atoms with van der Waals surface area (Å²) in [7, 11) is 0. The molecule has 238 valence electrons. The van der Waals surface area contributed by atoms with Crippen LogP contribution in [-0.4, -0.2) is 66.5 Å². The van der Waals surface area contributed by atoms with Crippen molar-refractivity contribution in [2.45, 2.75) is 24.4 Å². The second-order valence-electron chi connectivity index (χ2n) is 10.3. The monoisotopic (exact) mass is 667 g/mol. The zero-order valence-corrected chi connectivity index (χ0v) is 26.7. The largest absolute Gasteiger partial charge is 0.448 e. The number of fused-ring (bicyclic) bond motifs is 1. The van der Waals surface area contributed by atoms with Gasteiger partial charge in [0.1, 0.15) is 23.7 Å². The molecular weight excluding hydrogens is 639 g/mol. The number of carbonyl (C=O) groups is 3. The van der Waals surface area contributed by atoms with Crippen LogP contribution >= 0.6 is 23.3 Å². The highest BCUT2D eigenvalue weighted by Gasteiger charge is 2.54. The Labute approximate surface area is 278 Å². The number of esters is 1. The van der Waals surface area contributed by atoms with Crippen molar-refractivity contribution in [1.82, 2.24) is 24.6 Å². The highest BCUT2D eigenvalue weighted by atomic mass is 32.2. The average Bonchev–Trinajstić information content (AvgIpc) is 3.54. The van der Waals surface area contributed by atoms with Gasteiger partial charge in [0, 0.05) is 29.7 Å². The molecule has 14 heteroatoms. The number of nitrogens with one attached hydrogen (secondary N) is 1. The first-order valence-corrected chi connectivity index (χ1v) is 16.4. The minimum Gasteiger partial charge on any atom is -0.448 e. The fourth-order valence-electron chi connectivity index (χ4n) is 5.03. The van der Waals surface area contributed by atoms with Gasteiger partial charge in [-0.3, -0.25) is 19.5 Å². The molecule has 6 rings (SSSR count). The second-order valence-corrected chi connectivity index (χ2v) is 12.2. The Morgan fingerprint density at radius 2 is 1.81 bits per heavy atom. The number of oxime groups is 1. The number of anilines is 1. The van der Waals surface area contributed by atoms with Crippen LogP contribution in [0.15, 0.2) is 108 Å². The lowest BCUT2D eigenvalue weighted by Crippen LogP contribution is -2.71. The molecule has 1 fully saturated rings. The SMILES string of the molecule is CCON=C(C(=O)NC1C(=O)N2C(C(=O)OC(c3ccccc3)c3ccccc3)=C(C=Cc3cccnc3)CS[C@@H]12)c1nsc(N)n1. The number of rotatable bonds is 11. The van der Waals surface area contributed by atoms with Crippen molar-refractivity contribution < 1.29 is 24.0 Å². The molecule has 2 aliphatic heterocycles. The van der Waals surface area contributed by atoms with Crippen LogP contribution in [0, 0.1) is 0 Å².